The Balaban J connectivity index is 2.55. The van der Waals surface area contributed by atoms with Crippen LogP contribution in [0.4, 0.5) is 4.79 Å². The van der Waals surface area contributed by atoms with Gasteiger partial charge in [0.15, 0.2) is 5.92 Å². The van der Waals surface area contributed by atoms with Crippen LogP contribution in [0, 0.1) is 5.92 Å². The number of ether oxygens (including phenoxy) is 2. The molecule has 0 aromatic carbocycles. The number of carboxylic acids is 1. The lowest BCUT2D eigenvalue weighted by atomic mass is 10.0. The summed E-state index contributed by atoms with van der Waals surface area (Å²) in [4.78, 5) is 38.2. The van der Waals surface area contributed by atoms with Crippen molar-refractivity contribution >= 4 is 18.0 Å². The molecule has 23 heavy (non-hydrogen) atoms. The lowest BCUT2D eigenvalue weighted by Crippen LogP contribution is -2.26. The van der Waals surface area contributed by atoms with Crippen molar-refractivity contribution < 1.29 is 29.0 Å². The number of aryl methyl sites for hydroxylation is 1. The van der Waals surface area contributed by atoms with Gasteiger partial charge in [0.05, 0.1) is 12.8 Å². The maximum absolute atomic E-state index is 11.8. The molecular weight excluding hydrogens is 304 g/mol. The van der Waals surface area contributed by atoms with Crippen LogP contribution in [-0.2, 0) is 25.5 Å². The third-order valence-corrected chi connectivity index (χ3v) is 2.95. The normalized spacial score (nSPS) is 12.5. The number of rotatable bonds is 6. The zero-order valence-corrected chi connectivity index (χ0v) is 13.7. The van der Waals surface area contributed by atoms with Gasteiger partial charge in [0.25, 0.3) is 0 Å². The number of methoxy groups -OCH3 is 1. The third kappa shape index (κ3) is 6.09. The Morgan fingerprint density at radius 3 is 2.52 bits per heavy atom. The summed E-state index contributed by atoms with van der Waals surface area (Å²) in [5.41, 5.74) is 0.0152. The average molecular weight is 326 g/mol. The van der Waals surface area contributed by atoms with Crippen molar-refractivity contribution in [3.63, 3.8) is 0 Å². The molecule has 128 valence electrons. The molecule has 0 fully saturated rings. The Bertz CT molecular complexity index is 573. The highest BCUT2D eigenvalue weighted by molar-refractivity contribution is 5.93. The summed E-state index contributed by atoms with van der Waals surface area (Å²) in [7, 11) is 1.15. The van der Waals surface area contributed by atoms with Gasteiger partial charge >= 0.3 is 18.0 Å². The third-order valence-electron chi connectivity index (χ3n) is 2.95. The molecule has 1 unspecified atom stereocenters. The topological polar surface area (TPSA) is 108 Å². The van der Waals surface area contributed by atoms with Crippen molar-refractivity contribution in [1.29, 1.82) is 0 Å². The molecule has 0 bridgehead atoms. The number of carbonyl (C=O) groups is 3. The van der Waals surface area contributed by atoms with E-state index in [1.54, 1.807) is 20.8 Å². The maximum Gasteiger partial charge on any atom is 0.419 e. The van der Waals surface area contributed by atoms with Crippen molar-refractivity contribution in [1.82, 2.24) is 9.55 Å². The van der Waals surface area contributed by atoms with Gasteiger partial charge in [-0.2, -0.15) is 0 Å². The molecule has 0 aliphatic carbocycles. The Hall–Kier alpha value is -2.38. The smallest absolute Gasteiger partial charge is 0.419 e. The van der Waals surface area contributed by atoms with Gasteiger partial charge in [0, 0.05) is 6.20 Å². The lowest BCUT2D eigenvalue weighted by molar-refractivity contribution is -0.157. The summed E-state index contributed by atoms with van der Waals surface area (Å²) >= 11 is 0. The molecule has 1 heterocycles. The fourth-order valence-electron chi connectivity index (χ4n) is 1.88. The van der Waals surface area contributed by atoms with E-state index in [0.29, 0.717) is 18.5 Å². The van der Waals surface area contributed by atoms with E-state index in [1.807, 2.05) is 0 Å². The number of aromatic nitrogens is 2. The molecule has 0 aliphatic rings. The van der Waals surface area contributed by atoms with Crippen LogP contribution >= 0.6 is 0 Å². The fourth-order valence-corrected chi connectivity index (χ4v) is 1.88. The van der Waals surface area contributed by atoms with Crippen LogP contribution in [0.25, 0.3) is 0 Å². The minimum Gasteiger partial charge on any atom is -0.481 e. The van der Waals surface area contributed by atoms with E-state index in [9.17, 15) is 14.4 Å². The number of hydrogen-bond acceptors (Lipinski definition) is 6. The molecule has 1 aromatic rings. The highest BCUT2D eigenvalue weighted by Crippen LogP contribution is 2.13. The van der Waals surface area contributed by atoms with Crippen molar-refractivity contribution in [2.24, 2.45) is 5.92 Å². The van der Waals surface area contributed by atoms with Crippen molar-refractivity contribution in [3.05, 3.63) is 18.2 Å². The second-order valence-electron chi connectivity index (χ2n) is 6.06. The van der Waals surface area contributed by atoms with Crippen LogP contribution in [-0.4, -0.2) is 45.4 Å². The minimum atomic E-state index is -1.21. The van der Waals surface area contributed by atoms with Gasteiger partial charge in [-0.3, -0.25) is 9.59 Å². The monoisotopic (exact) mass is 326 g/mol. The summed E-state index contributed by atoms with van der Waals surface area (Å²) in [6.45, 7) is 5.30. The van der Waals surface area contributed by atoms with Crippen LogP contribution in [0.5, 0.6) is 0 Å². The highest BCUT2D eigenvalue weighted by Gasteiger charge is 2.26. The number of carbonyl (C=O) groups excluding carboxylic acids is 2. The zero-order valence-electron chi connectivity index (χ0n) is 13.7. The minimum absolute atomic E-state index is 0.140. The summed E-state index contributed by atoms with van der Waals surface area (Å²) < 4.78 is 10.9. The molecule has 1 aromatic heterocycles. The van der Waals surface area contributed by atoms with Gasteiger partial charge in [0.2, 0.25) is 0 Å². The first-order valence-corrected chi connectivity index (χ1v) is 7.21. The van der Waals surface area contributed by atoms with Gasteiger partial charge in [-0.05, 0) is 40.0 Å². The number of imidazole rings is 1. The van der Waals surface area contributed by atoms with E-state index in [-0.39, 0.29) is 6.42 Å². The quantitative estimate of drug-likeness (QED) is 0.628. The molecule has 0 spiro atoms. The second kappa shape index (κ2) is 7.75. The predicted octanol–water partition coefficient (Wildman–Crippen LogP) is 1.86. The number of hydrogen-bond donors (Lipinski definition) is 1. The van der Waals surface area contributed by atoms with E-state index >= 15 is 0 Å². The molecular formula is C15H22N2O6. The van der Waals surface area contributed by atoms with Gasteiger partial charge in [0.1, 0.15) is 11.9 Å². The molecule has 1 N–H and O–H groups in total. The number of aliphatic carboxylic acids is 1. The standard InChI is InChI=1S/C15H22N2O6/c1-15(2,3)23-14(21)17-8-10(16-9-17)6-5-7-11(12(18)19)13(20)22-4/h8-9,11H,5-7H2,1-4H3,(H,18,19). The summed E-state index contributed by atoms with van der Waals surface area (Å²) in [6, 6.07) is 0. The van der Waals surface area contributed by atoms with Crippen LogP contribution in [0.15, 0.2) is 12.5 Å². The number of nitrogens with zero attached hydrogens (tertiary/aromatic N) is 2. The first-order valence-electron chi connectivity index (χ1n) is 7.21. The molecule has 0 aliphatic heterocycles. The van der Waals surface area contributed by atoms with Crippen LogP contribution in [0.1, 0.15) is 39.3 Å². The van der Waals surface area contributed by atoms with Crippen molar-refractivity contribution in [2.75, 3.05) is 7.11 Å². The molecule has 0 amide bonds. The molecule has 8 heteroatoms. The molecule has 0 saturated heterocycles. The van der Waals surface area contributed by atoms with Gasteiger partial charge in [-0.15, -0.1) is 0 Å². The Morgan fingerprint density at radius 2 is 2.00 bits per heavy atom. The van der Waals surface area contributed by atoms with Crippen LogP contribution < -0.4 is 0 Å². The van der Waals surface area contributed by atoms with E-state index in [2.05, 4.69) is 9.72 Å². The zero-order chi connectivity index (χ0) is 17.6. The Labute approximate surface area is 134 Å². The first-order chi connectivity index (χ1) is 10.6. The summed E-state index contributed by atoms with van der Waals surface area (Å²) in [6.07, 6.45) is 3.35. The molecule has 0 radical (unpaired) electrons. The van der Waals surface area contributed by atoms with Crippen molar-refractivity contribution in [2.45, 2.75) is 45.6 Å². The number of esters is 1. The Morgan fingerprint density at radius 1 is 1.35 bits per heavy atom. The lowest BCUT2D eigenvalue weighted by Gasteiger charge is -2.19. The van der Waals surface area contributed by atoms with E-state index in [1.165, 1.54) is 17.1 Å². The fraction of sp³-hybridized carbons (Fsp3) is 0.600. The predicted molar refractivity (Wildman–Crippen MR) is 79.9 cm³/mol. The molecule has 8 nitrogen and oxygen atoms in total. The average Bonchev–Trinajstić information content (AvgIpc) is 2.89. The highest BCUT2D eigenvalue weighted by atomic mass is 16.6. The first kappa shape index (κ1) is 18.7. The van der Waals surface area contributed by atoms with Crippen LogP contribution in [0.3, 0.4) is 0 Å². The SMILES string of the molecule is COC(=O)C(CCCc1cn(C(=O)OC(C)(C)C)cn1)C(=O)O. The second-order valence-corrected chi connectivity index (χ2v) is 6.06. The largest absolute Gasteiger partial charge is 0.481 e. The molecule has 0 saturated carbocycles. The summed E-state index contributed by atoms with van der Waals surface area (Å²) in [5, 5.41) is 8.98. The maximum atomic E-state index is 11.8. The van der Waals surface area contributed by atoms with E-state index in [0.717, 1.165) is 7.11 Å². The number of carboxylic acid groups (broad SMARTS) is 1. The van der Waals surface area contributed by atoms with Gasteiger partial charge < -0.3 is 14.6 Å². The Kier molecular flexibility index (Phi) is 6.29. The van der Waals surface area contributed by atoms with Crippen LogP contribution in [0.2, 0.25) is 0 Å². The van der Waals surface area contributed by atoms with Gasteiger partial charge in [-0.1, -0.05) is 0 Å². The van der Waals surface area contributed by atoms with E-state index < -0.39 is 29.6 Å². The van der Waals surface area contributed by atoms with Crippen molar-refractivity contribution in [3.8, 4) is 0 Å². The summed E-state index contributed by atoms with van der Waals surface area (Å²) in [5.74, 6) is -3.17. The van der Waals surface area contributed by atoms with Gasteiger partial charge in [-0.25, -0.2) is 14.3 Å². The van der Waals surface area contributed by atoms with E-state index in [4.69, 9.17) is 9.84 Å². The molecule has 1 rings (SSSR count). The molecule has 1 atom stereocenters.